The van der Waals surface area contributed by atoms with Crippen molar-refractivity contribution < 1.29 is 19.1 Å². The number of amides is 2. The Morgan fingerprint density at radius 1 is 1.31 bits per heavy atom. The highest BCUT2D eigenvalue weighted by atomic mass is 16.5. The van der Waals surface area contributed by atoms with Crippen molar-refractivity contribution in [2.45, 2.75) is 44.6 Å². The number of nitriles is 1. The summed E-state index contributed by atoms with van der Waals surface area (Å²) < 4.78 is 5.30. The number of pyridine rings is 1. The average Bonchev–Trinajstić information content (AvgIpc) is 3.35. The summed E-state index contributed by atoms with van der Waals surface area (Å²) in [5, 5.41) is 15.8. The van der Waals surface area contributed by atoms with E-state index in [0.29, 0.717) is 42.3 Å². The highest BCUT2D eigenvalue weighted by molar-refractivity contribution is 6.02. The largest absolute Gasteiger partial charge is 0.494 e. The second-order valence-electron chi connectivity index (χ2n) is 8.69. The molecule has 0 aromatic carbocycles. The van der Waals surface area contributed by atoms with E-state index < -0.39 is 12.0 Å². The van der Waals surface area contributed by atoms with Gasteiger partial charge in [0.15, 0.2) is 5.78 Å². The van der Waals surface area contributed by atoms with Crippen molar-refractivity contribution in [2.24, 2.45) is 17.8 Å². The molecule has 9 nitrogen and oxygen atoms in total. The van der Waals surface area contributed by atoms with Crippen molar-refractivity contribution >= 4 is 28.5 Å². The van der Waals surface area contributed by atoms with Crippen LogP contribution in [-0.2, 0) is 9.59 Å². The summed E-state index contributed by atoms with van der Waals surface area (Å²) >= 11 is 0. The molecule has 32 heavy (non-hydrogen) atoms. The molecule has 2 aromatic heterocycles. The van der Waals surface area contributed by atoms with Crippen molar-refractivity contribution in [1.29, 1.82) is 5.26 Å². The van der Waals surface area contributed by atoms with Gasteiger partial charge in [-0.25, -0.2) is 0 Å². The molecule has 9 heteroatoms. The van der Waals surface area contributed by atoms with Crippen LogP contribution in [0.4, 0.5) is 0 Å². The Bertz CT molecular complexity index is 1070. The molecule has 0 radical (unpaired) electrons. The number of hydrogen-bond acceptors (Lipinski definition) is 6. The number of fused-ring (bicyclic) bond motifs is 1. The van der Waals surface area contributed by atoms with Gasteiger partial charge in [0.25, 0.3) is 0 Å². The molecule has 2 aliphatic rings. The highest BCUT2D eigenvalue weighted by Crippen LogP contribution is 2.37. The van der Waals surface area contributed by atoms with Gasteiger partial charge in [0, 0.05) is 30.2 Å². The molecular weight excluding hydrogens is 410 g/mol. The topological polar surface area (TPSA) is 137 Å². The normalized spacial score (nSPS) is 19.8. The third-order valence-electron chi connectivity index (χ3n) is 6.30. The number of hydrogen-bond donors (Lipinski definition) is 3. The van der Waals surface area contributed by atoms with Crippen molar-refractivity contribution in [3.05, 3.63) is 24.2 Å². The summed E-state index contributed by atoms with van der Waals surface area (Å²) in [5.74, 6) is -0.330. The Balaban J connectivity index is 1.44. The van der Waals surface area contributed by atoms with Crippen molar-refractivity contribution in [1.82, 2.24) is 20.6 Å². The van der Waals surface area contributed by atoms with E-state index >= 15 is 0 Å². The summed E-state index contributed by atoms with van der Waals surface area (Å²) in [7, 11) is 1.54. The minimum Gasteiger partial charge on any atom is -0.494 e. The molecule has 0 spiro atoms. The van der Waals surface area contributed by atoms with Crippen LogP contribution in [-0.4, -0.2) is 47.3 Å². The van der Waals surface area contributed by atoms with E-state index in [1.165, 1.54) is 0 Å². The summed E-state index contributed by atoms with van der Waals surface area (Å²) in [6.45, 7) is 0.596. The number of Topliss-reactive ketones (excluding diaryl/α,β-unsaturated/α-hetero) is 1. The van der Waals surface area contributed by atoms with E-state index in [1.54, 1.807) is 25.6 Å². The smallest absolute Gasteiger partial charge is 0.224 e. The third-order valence-corrected chi connectivity index (χ3v) is 6.30. The summed E-state index contributed by atoms with van der Waals surface area (Å²) in [6.07, 6.45) is 6.93. The fraction of sp³-hybridized carbons (Fsp3) is 0.522. The highest BCUT2D eigenvalue weighted by Gasteiger charge is 2.33. The molecule has 2 aromatic rings. The van der Waals surface area contributed by atoms with E-state index in [-0.39, 0.29) is 36.4 Å². The fourth-order valence-corrected chi connectivity index (χ4v) is 4.30. The van der Waals surface area contributed by atoms with E-state index in [4.69, 9.17) is 4.74 Å². The minimum atomic E-state index is -0.753. The number of aromatic amines is 1. The lowest BCUT2D eigenvalue weighted by atomic mass is 9.93. The molecule has 1 saturated carbocycles. The number of nitrogens with zero attached hydrogens (tertiary/aromatic N) is 2. The molecular formula is C23H27N5O4. The van der Waals surface area contributed by atoms with Gasteiger partial charge < -0.3 is 20.4 Å². The molecule has 2 fully saturated rings. The monoisotopic (exact) mass is 437 g/mol. The Hall–Kier alpha value is -3.41. The quantitative estimate of drug-likeness (QED) is 0.487. The number of rotatable bonds is 10. The zero-order valence-electron chi connectivity index (χ0n) is 18.0. The first-order valence-electron chi connectivity index (χ1n) is 11.0. The lowest BCUT2D eigenvalue weighted by Gasteiger charge is -2.19. The van der Waals surface area contributed by atoms with Gasteiger partial charge in [-0.05, 0) is 31.2 Å². The third kappa shape index (κ3) is 4.90. The van der Waals surface area contributed by atoms with Crippen molar-refractivity contribution in [2.75, 3.05) is 13.7 Å². The number of nitrogens with one attached hydrogen (secondary N) is 3. The number of ketones is 1. The van der Waals surface area contributed by atoms with Gasteiger partial charge in [-0.15, -0.1) is 0 Å². The van der Waals surface area contributed by atoms with Crippen LogP contribution in [0.2, 0.25) is 0 Å². The van der Waals surface area contributed by atoms with Gasteiger partial charge in [-0.2, -0.15) is 5.26 Å². The predicted octanol–water partition coefficient (Wildman–Crippen LogP) is 2.10. The molecule has 4 rings (SSSR count). The van der Waals surface area contributed by atoms with Crippen molar-refractivity contribution in [3.8, 4) is 11.8 Å². The van der Waals surface area contributed by atoms with E-state index in [1.807, 2.05) is 0 Å². The van der Waals surface area contributed by atoms with Crippen LogP contribution in [0, 0.1) is 29.1 Å². The van der Waals surface area contributed by atoms with Crippen LogP contribution in [0.25, 0.3) is 10.9 Å². The standard InChI is InChI=1S/C23H27N5O4/c1-32-21-12-25-11-19-17(21)9-18(28-19)20(29)8-15(6-13-2-3-13)23(31)27-16(10-24)7-14-4-5-26-22(14)30/h9,11-16,28H,2-8H2,1H3,(H,26,30)(H,27,31)/t14-,15+,16-/m0/s1. The zero-order valence-corrected chi connectivity index (χ0v) is 18.0. The Morgan fingerprint density at radius 3 is 2.78 bits per heavy atom. The Kier molecular flexibility index (Phi) is 6.40. The molecule has 0 bridgehead atoms. The molecule has 1 saturated heterocycles. The molecule has 3 atom stereocenters. The number of carbonyl (C=O) groups excluding carboxylic acids is 3. The van der Waals surface area contributed by atoms with Gasteiger partial charge in [0.2, 0.25) is 11.8 Å². The summed E-state index contributed by atoms with van der Waals surface area (Å²) in [4.78, 5) is 45.0. The molecule has 1 aliphatic heterocycles. The molecule has 3 N–H and O–H groups in total. The molecule has 2 amide bonds. The second-order valence-corrected chi connectivity index (χ2v) is 8.69. The number of carbonyl (C=O) groups is 3. The SMILES string of the molecule is COc1cncc2[nH]c(C(=O)C[C@@H](CC3CC3)C(=O)N[C@H](C#N)C[C@@H]3CCNC3=O)cc12. The molecule has 0 unspecified atom stereocenters. The maximum atomic E-state index is 13.0. The van der Waals surface area contributed by atoms with Crippen LogP contribution < -0.4 is 15.4 Å². The maximum Gasteiger partial charge on any atom is 0.224 e. The Morgan fingerprint density at radius 2 is 2.12 bits per heavy atom. The van der Waals surface area contributed by atoms with Gasteiger partial charge in [-0.3, -0.25) is 19.4 Å². The number of H-pyrrole nitrogens is 1. The molecule has 3 heterocycles. The van der Waals surface area contributed by atoms with E-state index in [2.05, 4.69) is 26.7 Å². The van der Waals surface area contributed by atoms with Crippen LogP contribution in [0.5, 0.6) is 5.75 Å². The second kappa shape index (κ2) is 9.39. The van der Waals surface area contributed by atoms with Crippen LogP contribution in [0.15, 0.2) is 18.5 Å². The fourth-order valence-electron chi connectivity index (χ4n) is 4.30. The summed E-state index contributed by atoms with van der Waals surface area (Å²) in [6, 6.07) is 3.07. The molecule has 168 valence electrons. The predicted molar refractivity (Wildman–Crippen MR) is 116 cm³/mol. The van der Waals surface area contributed by atoms with Gasteiger partial charge in [-0.1, -0.05) is 12.8 Å². The van der Waals surface area contributed by atoms with Crippen molar-refractivity contribution in [3.63, 3.8) is 0 Å². The van der Waals surface area contributed by atoms with Gasteiger partial charge >= 0.3 is 0 Å². The summed E-state index contributed by atoms with van der Waals surface area (Å²) in [5.41, 5.74) is 1.09. The first kappa shape index (κ1) is 21.8. The van der Waals surface area contributed by atoms with Crippen LogP contribution in [0.3, 0.4) is 0 Å². The maximum absolute atomic E-state index is 13.0. The van der Waals surface area contributed by atoms with Gasteiger partial charge in [0.05, 0.1) is 36.8 Å². The minimum absolute atomic E-state index is 0.0486. The lowest BCUT2D eigenvalue weighted by molar-refractivity contribution is -0.127. The van der Waals surface area contributed by atoms with Crippen LogP contribution >= 0.6 is 0 Å². The van der Waals surface area contributed by atoms with E-state index in [0.717, 1.165) is 18.2 Å². The average molecular weight is 438 g/mol. The lowest BCUT2D eigenvalue weighted by Crippen LogP contribution is -2.40. The number of aromatic nitrogens is 2. The molecule has 1 aliphatic carbocycles. The zero-order chi connectivity index (χ0) is 22.7. The Labute approximate surface area is 185 Å². The van der Waals surface area contributed by atoms with Gasteiger partial charge in [0.1, 0.15) is 11.8 Å². The number of ether oxygens (including phenoxy) is 1. The first-order chi connectivity index (χ1) is 15.5. The first-order valence-corrected chi connectivity index (χ1v) is 11.0. The number of methoxy groups -OCH3 is 1. The van der Waals surface area contributed by atoms with Crippen LogP contribution in [0.1, 0.15) is 49.0 Å². The van der Waals surface area contributed by atoms with E-state index in [9.17, 15) is 19.6 Å².